The lowest BCUT2D eigenvalue weighted by Crippen LogP contribution is -2.42. The van der Waals surface area contributed by atoms with E-state index in [9.17, 15) is 13.2 Å². The maximum atomic E-state index is 13.2. The van der Waals surface area contributed by atoms with Crippen molar-refractivity contribution >= 4 is 27.3 Å². The van der Waals surface area contributed by atoms with Gasteiger partial charge >= 0.3 is 0 Å². The monoisotopic (exact) mass is 545 g/mol. The molecule has 0 bridgehead atoms. The first-order chi connectivity index (χ1) is 18.2. The number of nitrogens with zero attached hydrogens (tertiary/aromatic N) is 2. The first kappa shape index (κ1) is 28.2. The molecule has 2 fully saturated rings. The number of hydrogen-bond acceptors (Lipinski definition) is 7. The molecule has 0 aliphatic carbocycles. The molecule has 2 aliphatic heterocycles. The highest BCUT2D eigenvalue weighted by atomic mass is 32.2. The van der Waals surface area contributed by atoms with Crippen molar-refractivity contribution in [1.29, 1.82) is 0 Å². The first-order valence-corrected chi connectivity index (χ1v) is 14.8. The average Bonchev–Trinajstić information content (AvgIpc) is 2.90. The lowest BCUT2D eigenvalue weighted by Gasteiger charge is -2.34. The topological polar surface area (TPSA) is 97.4 Å². The molecule has 9 nitrogen and oxygen atoms in total. The van der Waals surface area contributed by atoms with Crippen LogP contribution < -0.4 is 19.7 Å². The van der Waals surface area contributed by atoms with Crippen LogP contribution >= 0.6 is 0 Å². The second kappa shape index (κ2) is 12.4. The van der Waals surface area contributed by atoms with Crippen LogP contribution in [0.5, 0.6) is 11.5 Å². The average molecular weight is 546 g/mol. The van der Waals surface area contributed by atoms with Crippen LogP contribution in [0.25, 0.3) is 0 Å². The highest BCUT2D eigenvalue weighted by Crippen LogP contribution is 2.39. The number of piperidine rings is 1. The minimum Gasteiger partial charge on any atom is -0.492 e. The molecule has 0 aromatic heterocycles. The molecule has 4 rings (SSSR count). The van der Waals surface area contributed by atoms with E-state index in [4.69, 9.17) is 14.2 Å². The van der Waals surface area contributed by atoms with E-state index in [1.807, 2.05) is 19.9 Å². The van der Waals surface area contributed by atoms with Gasteiger partial charge in [-0.05, 0) is 56.4 Å². The lowest BCUT2D eigenvalue weighted by atomic mass is 9.94. The van der Waals surface area contributed by atoms with Crippen LogP contribution in [0, 0.1) is 11.8 Å². The van der Waals surface area contributed by atoms with E-state index in [-0.39, 0.29) is 10.8 Å². The van der Waals surface area contributed by atoms with Crippen LogP contribution in [-0.2, 0) is 14.8 Å². The predicted molar refractivity (Wildman–Crippen MR) is 148 cm³/mol. The van der Waals surface area contributed by atoms with Crippen LogP contribution in [0.1, 0.15) is 44.5 Å². The van der Waals surface area contributed by atoms with E-state index >= 15 is 0 Å². The molecule has 0 spiro atoms. The normalized spacial score (nSPS) is 20.7. The van der Waals surface area contributed by atoms with Gasteiger partial charge in [-0.1, -0.05) is 13.8 Å². The number of amides is 1. The zero-order chi connectivity index (χ0) is 27.3. The molecule has 2 saturated heterocycles. The number of benzene rings is 2. The Balaban J connectivity index is 1.55. The standard InChI is InChI=1S/C28H39N3O6S/c1-5-36-26-17-25(30-11-13-35-14-12-30)27(37-6-2)16-24(26)29-28(32)22-7-9-23(10-8-22)38(33,34)31-18-20(3)15-21(4)19-31/h7-10,16-17,20-21H,5-6,11-15,18-19H2,1-4H3,(H,29,32). The first-order valence-electron chi connectivity index (χ1n) is 13.4. The number of sulfonamides is 1. The molecule has 2 heterocycles. The van der Waals surface area contributed by atoms with Gasteiger partial charge in [0.1, 0.15) is 11.5 Å². The maximum Gasteiger partial charge on any atom is 0.255 e. The number of morpholine rings is 1. The summed E-state index contributed by atoms with van der Waals surface area (Å²) < 4.78 is 45.3. The van der Waals surface area contributed by atoms with Crippen molar-refractivity contribution in [2.75, 3.05) is 62.8 Å². The van der Waals surface area contributed by atoms with E-state index in [1.54, 1.807) is 22.5 Å². The van der Waals surface area contributed by atoms with Gasteiger partial charge in [-0.3, -0.25) is 4.79 Å². The van der Waals surface area contributed by atoms with E-state index in [2.05, 4.69) is 24.1 Å². The molecule has 2 aliphatic rings. The van der Waals surface area contributed by atoms with Crippen LogP contribution in [0.4, 0.5) is 11.4 Å². The molecule has 1 amide bonds. The Hall–Kier alpha value is -2.82. The van der Waals surface area contributed by atoms with Gasteiger partial charge in [0.15, 0.2) is 0 Å². The lowest BCUT2D eigenvalue weighted by molar-refractivity contribution is 0.102. The summed E-state index contributed by atoms with van der Waals surface area (Å²) in [5.41, 5.74) is 1.74. The summed E-state index contributed by atoms with van der Waals surface area (Å²) in [6.07, 6.45) is 1.02. The van der Waals surface area contributed by atoms with Crippen molar-refractivity contribution in [1.82, 2.24) is 4.31 Å². The Labute approximate surface area is 226 Å². The SMILES string of the molecule is CCOc1cc(N2CCOCC2)c(OCC)cc1NC(=O)c1ccc(S(=O)(=O)N2CC(C)CC(C)C2)cc1. The van der Waals surface area contributed by atoms with Crippen molar-refractivity contribution in [3.8, 4) is 11.5 Å². The second-order valence-electron chi connectivity index (χ2n) is 10.0. The quantitative estimate of drug-likeness (QED) is 0.503. The number of hydrogen-bond donors (Lipinski definition) is 1. The summed E-state index contributed by atoms with van der Waals surface area (Å²) in [7, 11) is -3.62. The van der Waals surface area contributed by atoms with Crippen LogP contribution in [0.3, 0.4) is 0 Å². The van der Waals surface area contributed by atoms with Gasteiger partial charge in [0.05, 0.1) is 42.7 Å². The number of rotatable bonds is 9. The molecular formula is C28H39N3O6S. The van der Waals surface area contributed by atoms with Crippen molar-refractivity contribution in [2.45, 2.75) is 39.0 Å². The van der Waals surface area contributed by atoms with Gasteiger partial charge in [0.2, 0.25) is 10.0 Å². The van der Waals surface area contributed by atoms with Gasteiger partial charge in [-0.25, -0.2) is 8.42 Å². The minimum atomic E-state index is -3.62. The van der Waals surface area contributed by atoms with Gasteiger partial charge in [-0.15, -0.1) is 0 Å². The third kappa shape index (κ3) is 6.42. The molecule has 0 saturated carbocycles. The van der Waals surface area contributed by atoms with Crippen molar-refractivity contribution in [3.05, 3.63) is 42.0 Å². The summed E-state index contributed by atoms with van der Waals surface area (Å²) >= 11 is 0. The van der Waals surface area contributed by atoms with Gasteiger partial charge in [0.25, 0.3) is 5.91 Å². The number of carbonyl (C=O) groups is 1. The van der Waals surface area contributed by atoms with Crippen molar-refractivity contribution < 1.29 is 27.4 Å². The number of nitrogens with one attached hydrogen (secondary N) is 1. The van der Waals surface area contributed by atoms with Gasteiger partial charge in [0, 0.05) is 43.9 Å². The Bertz CT molecular complexity index is 1200. The molecule has 38 heavy (non-hydrogen) atoms. The zero-order valence-electron chi connectivity index (χ0n) is 22.7. The predicted octanol–water partition coefficient (Wildman–Crippen LogP) is 4.24. The van der Waals surface area contributed by atoms with Gasteiger partial charge < -0.3 is 24.4 Å². The van der Waals surface area contributed by atoms with Gasteiger partial charge in [-0.2, -0.15) is 4.31 Å². The summed E-state index contributed by atoms with van der Waals surface area (Å²) in [4.78, 5) is 15.6. The molecule has 2 atom stereocenters. The summed E-state index contributed by atoms with van der Waals surface area (Å²) in [5, 5.41) is 2.93. The summed E-state index contributed by atoms with van der Waals surface area (Å²) in [6.45, 7) is 12.6. The maximum absolute atomic E-state index is 13.2. The summed E-state index contributed by atoms with van der Waals surface area (Å²) in [6, 6.07) is 9.78. The molecule has 2 aromatic rings. The highest BCUT2D eigenvalue weighted by Gasteiger charge is 2.31. The molecule has 208 valence electrons. The molecular weight excluding hydrogens is 506 g/mol. The van der Waals surface area contributed by atoms with E-state index < -0.39 is 10.0 Å². The number of anilines is 2. The van der Waals surface area contributed by atoms with E-state index in [1.165, 1.54) is 12.1 Å². The van der Waals surface area contributed by atoms with E-state index in [0.717, 1.165) is 25.2 Å². The Kier molecular flexibility index (Phi) is 9.17. The second-order valence-corrected chi connectivity index (χ2v) is 12.0. The third-order valence-corrected chi connectivity index (χ3v) is 8.70. The zero-order valence-corrected chi connectivity index (χ0v) is 23.6. The largest absolute Gasteiger partial charge is 0.492 e. The minimum absolute atomic E-state index is 0.193. The number of ether oxygens (including phenoxy) is 3. The summed E-state index contributed by atoms with van der Waals surface area (Å²) in [5.74, 6) is 1.46. The Morgan fingerprint density at radius 2 is 1.58 bits per heavy atom. The smallest absolute Gasteiger partial charge is 0.255 e. The van der Waals surface area contributed by atoms with Crippen molar-refractivity contribution in [3.63, 3.8) is 0 Å². The Morgan fingerprint density at radius 1 is 0.974 bits per heavy atom. The molecule has 2 unspecified atom stereocenters. The molecule has 10 heteroatoms. The third-order valence-electron chi connectivity index (χ3n) is 6.85. The fraction of sp³-hybridized carbons (Fsp3) is 0.536. The van der Waals surface area contributed by atoms with Crippen LogP contribution in [-0.4, -0.2) is 71.2 Å². The van der Waals surface area contributed by atoms with E-state index in [0.29, 0.717) is 74.1 Å². The molecule has 2 aromatic carbocycles. The number of carbonyl (C=O) groups excluding carboxylic acids is 1. The highest BCUT2D eigenvalue weighted by molar-refractivity contribution is 7.89. The fourth-order valence-electron chi connectivity index (χ4n) is 5.17. The van der Waals surface area contributed by atoms with Crippen molar-refractivity contribution in [2.24, 2.45) is 11.8 Å². The molecule has 1 N–H and O–H groups in total. The molecule has 0 radical (unpaired) electrons. The van der Waals surface area contributed by atoms with Crippen LogP contribution in [0.2, 0.25) is 0 Å². The van der Waals surface area contributed by atoms with Crippen LogP contribution in [0.15, 0.2) is 41.3 Å². The fourth-order valence-corrected chi connectivity index (χ4v) is 6.85. The Morgan fingerprint density at radius 3 is 2.18 bits per heavy atom.